The standard InChI is InChI=1S/2C4H10S.2C4H9.Sn/c2*1-2-3-4-5;2*1-3-4-2;/h2*5H,2-4H2,1H3;2*1,3-4H2,2H3;/q;;;;+2/p-2. The first-order valence-corrected chi connectivity index (χ1v) is 13.3. The van der Waals surface area contributed by atoms with Crippen LogP contribution in [0.15, 0.2) is 0 Å². The molecule has 116 valence electrons. The molecule has 0 aliphatic carbocycles. The van der Waals surface area contributed by atoms with Crippen molar-refractivity contribution in [2.75, 3.05) is 11.5 Å². The molecule has 0 aromatic heterocycles. The SMILES string of the molecule is CCCC[S-].CCCC[S-].CCC[CH2][Sn+2][CH2]CCC. The van der Waals surface area contributed by atoms with Gasteiger partial charge in [0.1, 0.15) is 0 Å². The summed E-state index contributed by atoms with van der Waals surface area (Å²) in [6.45, 7) is 8.87. The zero-order chi connectivity index (χ0) is 15.2. The molecule has 0 radical (unpaired) electrons. The third-order valence-corrected chi connectivity index (χ3v) is 7.02. The van der Waals surface area contributed by atoms with Crippen molar-refractivity contribution < 1.29 is 0 Å². The Morgan fingerprint density at radius 2 is 0.895 bits per heavy atom. The third kappa shape index (κ3) is 45.2. The monoisotopic (exact) mass is 412 g/mol. The summed E-state index contributed by atoms with van der Waals surface area (Å²) in [5.74, 6) is 1.85. The Morgan fingerprint density at radius 1 is 0.579 bits per heavy atom. The summed E-state index contributed by atoms with van der Waals surface area (Å²) < 4.78 is 3.25. The molecule has 0 nitrogen and oxygen atoms in total. The predicted octanol–water partition coefficient (Wildman–Crippen LogP) is 5.79. The minimum absolute atomic E-state index is 0.149. The van der Waals surface area contributed by atoms with Gasteiger partial charge in [-0.25, -0.2) is 0 Å². The van der Waals surface area contributed by atoms with Gasteiger partial charge in [0.15, 0.2) is 0 Å². The maximum absolute atomic E-state index is 4.65. The fraction of sp³-hybridized carbons (Fsp3) is 1.00. The second-order valence-corrected chi connectivity index (χ2v) is 9.67. The van der Waals surface area contributed by atoms with E-state index in [0.717, 1.165) is 11.5 Å². The van der Waals surface area contributed by atoms with Crippen LogP contribution in [-0.2, 0) is 25.3 Å². The molecule has 0 aromatic carbocycles. The summed E-state index contributed by atoms with van der Waals surface area (Å²) in [5.41, 5.74) is 0. The van der Waals surface area contributed by atoms with Gasteiger partial charge in [-0.15, -0.1) is 0 Å². The molecule has 0 amide bonds. The average Bonchev–Trinajstić information content (AvgIpc) is 2.42. The molecule has 0 aliphatic heterocycles. The first-order valence-electron chi connectivity index (χ1n) is 8.11. The molecule has 0 spiro atoms. The Kier molecular flexibility index (Phi) is 42.5. The normalized spacial score (nSPS) is 8.74. The summed E-state index contributed by atoms with van der Waals surface area (Å²) in [4.78, 5) is 0. The van der Waals surface area contributed by atoms with Crippen LogP contribution in [0.2, 0.25) is 8.87 Å². The molecule has 0 saturated carbocycles. The molecule has 0 aromatic rings. The third-order valence-electron chi connectivity index (χ3n) is 2.41. The maximum atomic E-state index is 4.65. The van der Waals surface area contributed by atoms with E-state index in [1.54, 1.807) is 8.87 Å². The van der Waals surface area contributed by atoms with Crippen molar-refractivity contribution in [1.82, 2.24) is 0 Å². The number of unbranched alkanes of at least 4 members (excludes halogenated alkanes) is 4. The molecule has 0 fully saturated rings. The Labute approximate surface area is 145 Å². The van der Waals surface area contributed by atoms with E-state index in [1.807, 2.05) is 0 Å². The number of rotatable bonds is 10. The van der Waals surface area contributed by atoms with Gasteiger partial charge in [-0.1, -0.05) is 39.5 Å². The van der Waals surface area contributed by atoms with E-state index >= 15 is 0 Å². The summed E-state index contributed by atoms with van der Waals surface area (Å²) in [5, 5.41) is 0. The van der Waals surface area contributed by atoms with Gasteiger partial charge in [0.25, 0.3) is 0 Å². The van der Waals surface area contributed by atoms with Crippen molar-refractivity contribution >= 4 is 46.4 Å². The number of hydrogen-bond acceptors (Lipinski definition) is 2. The fourth-order valence-corrected chi connectivity index (χ4v) is 5.75. The molecule has 0 N–H and O–H groups in total. The van der Waals surface area contributed by atoms with Gasteiger partial charge >= 0.3 is 69.5 Å². The van der Waals surface area contributed by atoms with Crippen LogP contribution in [0.4, 0.5) is 0 Å². The summed E-state index contributed by atoms with van der Waals surface area (Å²) in [7, 11) is 0. The van der Waals surface area contributed by atoms with E-state index in [4.69, 9.17) is 0 Å². The first kappa shape index (κ1) is 25.5. The molecule has 0 aliphatic rings. The average molecular weight is 411 g/mol. The van der Waals surface area contributed by atoms with E-state index < -0.39 is 0 Å². The molecular formula is C16H36S2Sn. The quantitative estimate of drug-likeness (QED) is 0.253. The summed E-state index contributed by atoms with van der Waals surface area (Å²) >= 11 is 9.45. The first-order chi connectivity index (χ1) is 9.24. The molecule has 0 bridgehead atoms. The molecule has 3 heteroatoms. The fourth-order valence-electron chi connectivity index (χ4n) is 1.02. The molecule has 0 heterocycles. The van der Waals surface area contributed by atoms with Gasteiger partial charge in [-0.2, -0.15) is 11.5 Å². The number of hydrogen-bond donors (Lipinski definition) is 0. The van der Waals surface area contributed by atoms with Gasteiger partial charge < -0.3 is 25.3 Å². The zero-order valence-corrected chi connectivity index (χ0v) is 18.3. The van der Waals surface area contributed by atoms with Crippen molar-refractivity contribution in [3.05, 3.63) is 0 Å². The van der Waals surface area contributed by atoms with Crippen LogP contribution in [-0.4, -0.2) is 32.6 Å². The second kappa shape index (κ2) is 31.7. The van der Waals surface area contributed by atoms with Crippen LogP contribution in [0.5, 0.6) is 0 Å². The topological polar surface area (TPSA) is 0 Å². The van der Waals surface area contributed by atoms with E-state index in [9.17, 15) is 0 Å². The minimum atomic E-state index is 0.149. The summed E-state index contributed by atoms with van der Waals surface area (Å²) in [6, 6.07) is 0. The van der Waals surface area contributed by atoms with Crippen molar-refractivity contribution in [2.24, 2.45) is 0 Å². The van der Waals surface area contributed by atoms with Gasteiger partial charge in [0, 0.05) is 0 Å². The van der Waals surface area contributed by atoms with E-state index in [-0.39, 0.29) is 21.1 Å². The van der Waals surface area contributed by atoms with E-state index in [1.165, 1.54) is 51.4 Å². The molecule has 0 rings (SSSR count). The van der Waals surface area contributed by atoms with Crippen LogP contribution >= 0.6 is 0 Å². The van der Waals surface area contributed by atoms with Gasteiger partial charge in [0.05, 0.1) is 0 Å². The van der Waals surface area contributed by atoms with Crippen molar-refractivity contribution in [3.63, 3.8) is 0 Å². The van der Waals surface area contributed by atoms with Gasteiger partial charge in [-0.05, 0) is 0 Å². The molecule has 0 unspecified atom stereocenters. The predicted molar refractivity (Wildman–Crippen MR) is 99.5 cm³/mol. The Balaban J connectivity index is -0.000000219. The Hall–Kier alpha value is 1.50. The van der Waals surface area contributed by atoms with Gasteiger partial charge in [0.2, 0.25) is 0 Å². The van der Waals surface area contributed by atoms with Crippen LogP contribution in [0.1, 0.15) is 79.1 Å². The van der Waals surface area contributed by atoms with Crippen molar-refractivity contribution in [1.29, 1.82) is 0 Å². The molecule has 19 heavy (non-hydrogen) atoms. The summed E-state index contributed by atoms with van der Waals surface area (Å²) in [6.07, 6.45) is 10.7. The van der Waals surface area contributed by atoms with Crippen LogP contribution in [0.3, 0.4) is 0 Å². The molecule has 0 atom stereocenters. The molecular weight excluding hydrogens is 375 g/mol. The Morgan fingerprint density at radius 3 is 1.05 bits per heavy atom. The van der Waals surface area contributed by atoms with Crippen LogP contribution < -0.4 is 0 Å². The second-order valence-electron chi connectivity index (χ2n) is 4.57. The van der Waals surface area contributed by atoms with E-state index in [0.29, 0.717) is 0 Å². The molecule has 0 saturated heterocycles. The van der Waals surface area contributed by atoms with Crippen molar-refractivity contribution in [2.45, 2.75) is 87.9 Å². The van der Waals surface area contributed by atoms with E-state index in [2.05, 4.69) is 53.0 Å². The Bertz CT molecular complexity index is 94.9. The van der Waals surface area contributed by atoms with Crippen LogP contribution in [0, 0.1) is 0 Å². The van der Waals surface area contributed by atoms with Gasteiger partial charge in [-0.3, -0.25) is 0 Å². The zero-order valence-electron chi connectivity index (χ0n) is 13.8. The van der Waals surface area contributed by atoms with Crippen molar-refractivity contribution in [3.8, 4) is 0 Å². The van der Waals surface area contributed by atoms with Crippen LogP contribution in [0.25, 0.3) is 0 Å².